The number of aliphatic hydroxyl groups excluding tert-OH is 1. The Labute approximate surface area is 147 Å². The maximum Gasteiger partial charge on any atom is 0.303 e. The zero-order chi connectivity index (χ0) is 18.2. The number of Topliss-reactive ketones (excluding diaryl/α,β-unsaturated/α-hetero) is 1. The van der Waals surface area contributed by atoms with Crippen LogP contribution in [0.2, 0.25) is 0 Å². The van der Waals surface area contributed by atoms with Crippen LogP contribution < -0.4 is 0 Å². The van der Waals surface area contributed by atoms with Gasteiger partial charge in [-0.3, -0.25) is 9.59 Å². The number of ketones is 1. The van der Waals surface area contributed by atoms with Crippen LogP contribution in [0.3, 0.4) is 0 Å². The summed E-state index contributed by atoms with van der Waals surface area (Å²) in [6, 6.07) is 0. The SMILES string of the molecule is CCCCCC(O)C=CC1CCC(=O)C1.CCCCCCC(=O)O. The first kappa shape index (κ1) is 22.8. The molecule has 0 spiro atoms. The highest BCUT2D eigenvalue weighted by atomic mass is 16.4. The van der Waals surface area contributed by atoms with Crippen molar-refractivity contribution in [2.24, 2.45) is 5.92 Å². The van der Waals surface area contributed by atoms with E-state index < -0.39 is 5.97 Å². The standard InChI is InChI=1S/C13H22O2.C7H14O2/c1-2-3-4-5-12(14)8-6-11-7-9-13(15)10-11;1-2-3-4-5-6-7(8)9/h6,8,11-12,14H,2-5,7,9-10H2,1H3;2-6H2,1H3,(H,8,9). The quantitative estimate of drug-likeness (QED) is 0.414. The minimum Gasteiger partial charge on any atom is -0.481 e. The predicted molar refractivity (Wildman–Crippen MR) is 98.0 cm³/mol. The molecule has 2 atom stereocenters. The molecule has 4 nitrogen and oxygen atoms in total. The number of aliphatic carboxylic acids is 1. The van der Waals surface area contributed by atoms with Crippen LogP contribution in [0.15, 0.2) is 12.2 Å². The molecule has 0 aromatic carbocycles. The van der Waals surface area contributed by atoms with Gasteiger partial charge in [-0.25, -0.2) is 0 Å². The third-order valence-electron chi connectivity index (χ3n) is 4.24. The van der Waals surface area contributed by atoms with Crippen molar-refractivity contribution in [3.8, 4) is 0 Å². The molecule has 0 heterocycles. The molecule has 4 heteroatoms. The second kappa shape index (κ2) is 15.4. The van der Waals surface area contributed by atoms with Gasteiger partial charge in [0.05, 0.1) is 6.10 Å². The summed E-state index contributed by atoms with van der Waals surface area (Å²) in [7, 11) is 0. The third-order valence-corrected chi connectivity index (χ3v) is 4.24. The zero-order valence-corrected chi connectivity index (χ0v) is 15.5. The van der Waals surface area contributed by atoms with E-state index in [1.807, 2.05) is 12.2 Å². The monoisotopic (exact) mass is 340 g/mol. The highest BCUT2D eigenvalue weighted by Crippen LogP contribution is 2.23. The number of aliphatic hydroxyl groups is 1. The normalized spacial score (nSPS) is 18.5. The summed E-state index contributed by atoms with van der Waals surface area (Å²) in [6.07, 6.45) is 14.8. The first-order valence-electron chi connectivity index (χ1n) is 9.59. The minimum absolute atomic E-state index is 0.313. The summed E-state index contributed by atoms with van der Waals surface area (Å²) in [6.45, 7) is 4.27. The van der Waals surface area contributed by atoms with Gasteiger partial charge in [-0.05, 0) is 25.2 Å². The van der Waals surface area contributed by atoms with Gasteiger partial charge in [-0.15, -0.1) is 0 Å². The van der Waals surface area contributed by atoms with Crippen molar-refractivity contribution in [2.75, 3.05) is 0 Å². The maximum atomic E-state index is 11.0. The van der Waals surface area contributed by atoms with Crippen molar-refractivity contribution in [1.82, 2.24) is 0 Å². The second-order valence-corrected chi connectivity index (χ2v) is 6.69. The predicted octanol–water partition coefficient (Wildman–Crippen LogP) is 4.89. The lowest BCUT2D eigenvalue weighted by Gasteiger charge is -2.06. The van der Waals surface area contributed by atoms with Gasteiger partial charge in [0.1, 0.15) is 5.78 Å². The lowest BCUT2D eigenvalue weighted by atomic mass is 10.0. The molecule has 24 heavy (non-hydrogen) atoms. The molecule has 0 radical (unpaired) electrons. The van der Waals surface area contributed by atoms with E-state index in [4.69, 9.17) is 5.11 Å². The summed E-state index contributed by atoms with van der Waals surface area (Å²) in [5, 5.41) is 17.8. The van der Waals surface area contributed by atoms with Gasteiger partial charge in [0, 0.05) is 19.3 Å². The Morgan fingerprint density at radius 3 is 2.38 bits per heavy atom. The van der Waals surface area contributed by atoms with E-state index in [0.717, 1.165) is 44.9 Å². The summed E-state index contributed by atoms with van der Waals surface area (Å²) in [5.41, 5.74) is 0. The molecule has 1 saturated carbocycles. The van der Waals surface area contributed by atoms with Gasteiger partial charge >= 0.3 is 5.97 Å². The van der Waals surface area contributed by atoms with Crippen LogP contribution in [0.5, 0.6) is 0 Å². The van der Waals surface area contributed by atoms with Gasteiger partial charge < -0.3 is 10.2 Å². The molecule has 0 bridgehead atoms. The van der Waals surface area contributed by atoms with Crippen LogP contribution in [-0.4, -0.2) is 28.1 Å². The Morgan fingerprint density at radius 1 is 1.17 bits per heavy atom. The highest BCUT2D eigenvalue weighted by molar-refractivity contribution is 5.80. The summed E-state index contributed by atoms with van der Waals surface area (Å²) in [4.78, 5) is 21.0. The number of hydrogen-bond donors (Lipinski definition) is 2. The number of carbonyl (C=O) groups excluding carboxylic acids is 1. The van der Waals surface area contributed by atoms with Crippen molar-refractivity contribution < 1.29 is 19.8 Å². The number of rotatable bonds is 11. The van der Waals surface area contributed by atoms with Crippen molar-refractivity contribution in [3.63, 3.8) is 0 Å². The third kappa shape index (κ3) is 14.4. The first-order chi connectivity index (χ1) is 11.5. The number of carboxylic acids is 1. The van der Waals surface area contributed by atoms with E-state index in [1.54, 1.807) is 0 Å². The molecule has 1 fully saturated rings. The largest absolute Gasteiger partial charge is 0.481 e. The van der Waals surface area contributed by atoms with Crippen LogP contribution >= 0.6 is 0 Å². The second-order valence-electron chi connectivity index (χ2n) is 6.69. The molecular weight excluding hydrogens is 304 g/mol. The molecule has 1 rings (SSSR count). The Hall–Kier alpha value is -1.16. The lowest BCUT2D eigenvalue weighted by molar-refractivity contribution is -0.137. The molecule has 2 unspecified atom stereocenters. The topological polar surface area (TPSA) is 74.6 Å². The summed E-state index contributed by atoms with van der Waals surface area (Å²) < 4.78 is 0. The van der Waals surface area contributed by atoms with Crippen LogP contribution in [-0.2, 0) is 9.59 Å². The fourth-order valence-electron chi connectivity index (χ4n) is 2.70. The smallest absolute Gasteiger partial charge is 0.303 e. The molecule has 0 saturated heterocycles. The molecule has 0 amide bonds. The molecule has 0 aromatic heterocycles. The van der Waals surface area contributed by atoms with E-state index >= 15 is 0 Å². The fraction of sp³-hybridized carbons (Fsp3) is 0.800. The first-order valence-corrected chi connectivity index (χ1v) is 9.59. The number of unbranched alkanes of at least 4 members (excludes halogenated alkanes) is 5. The van der Waals surface area contributed by atoms with Crippen molar-refractivity contribution in [1.29, 1.82) is 0 Å². The van der Waals surface area contributed by atoms with Gasteiger partial charge in [-0.1, -0.05) is 64.5 Å². The molecule has 140 valence electrons. The lowest BCUT2D eigenvalue weighted by Crippen LogP contribution is -2.02. The average Bonchev–Trinajstić information content (AvgIpc) is 2.96. The highest BCUT2D eigenvalue weighted by Gasteiger charge is 2.19. The van der Waals surface area contributed by atoms with Crippen molar-refractivity contribution in [3.05, 3.63) is 12.2 Å². The van der Waals surface area contributed by atoms with Crippen molar-refractivity contribution in [2.45, 2.75) is 97.0 Å². The van der Waals surface area contributed by atoms with Gasteiger partial charge in [0.25, 0.3) is 0 Å². The van der Waals surface area contributed by atoms with Crippen LogP contribution in [0.1, 0.15) is 90.9 Å². The number of hydrogen-bond acceptors (Lipinski definition) is 3. The molecule has 2 N–H and O–H groups in total. The van der Waals surface area contributed by atoms with Crippen LogP contribution in [0.25, 0.3) is 0 Å². The number of carbonyl (C=O) groups is 2. The average molecular weight is 341 g/mol. The van der Waals surface area contributed by atoms with Gasteiger partial charge in [0.15, 0.2) is 0 Å². The summed E-state index contributed by atoms with van der Waals surface area (Å²) in [5.74, 6) is 0.0783. The maximum absolute atomic E-state index is 11.0. The Kier molecular flexibility index (Phi) is 14.6. The van der Waals surface area contributed by atoms with E-state index in [9.17, 15) is 14.7 Å². The fourth-order valence-corrected chi connectivity index (χ4v) is 2.70. The van der Waals surface area contributed by atoms with Crippen LogP contribution in [0.4, 0.5) is 0 Å². The van der Waals surface area contributed by atoms with Gasteiger partial charge in [0.2, 0.25) is 0 Å². The Balaban J connectivity index is 0.000000506. The van der Waals surface area contributed by atoms with E-state index in [0.29, 0.717) is 24.5 Å². The van der Waals surface area contributed by atoms with E-state index in [2.05, 4.69) is 13.8 Å². The van der Waals surface area contributed by atoms with E-state index in [-0.39, 0.29) is 6.10 Å². The van der Waals surface area contributed by atoms with Crippen molar-refractivity contribution >= 4 is 11.8 Å². The zero-order valence-electron chi connectivity index (χ0n) is 15.5. The Morgan fingerprint density at radius 2 is 1.83 bits per heavy atom. The molecule has 1 aliphatic carbocycles. The Bertz CT molecular complexity index is 363. The number of carboxylic acid groups (broad SMARTS) is 1. The van der Waals surface area contributed by atoms with Gasteiger partial charge in [-0.2, -0.15) is 0 Å². The molecule has 0 aliphatic heterocycles. The summed E-state index contributed by atoms with van der Waals surface area (Å²) >= 11 is 0. The van der Waals surface area contributed by atoms with E-state index in [1.165, 1.54) is 19.3 Å². The molecule has 0 aromatic rings. The number of allylic oxidation sites excluding steroid dienone is 1. The molecular formula is C20H36O4. The minimum atomic E-state index is -0.675. The van der Waals surface area contributed by atoms with Crippen LogP contribution in [0, 0.1) is 5.92 Å². The molecule has 1 aliphatic rings.